The lowest BCUT2D eigenvalue weighted by Gasteiger charge is -2.24. The molecular weight excluding hydrogens is 218 g/mol. The number of anilines is 1. The Morgan fingerprint density at radius 1 is 1.25 bits per heavy atom. The van der Waals surface area contributed by atoms with E-state index in [1.807, 2.05) is 30.3 Å². The Bertz CT molecular complexity index is 294. The molecule has 0 aliphatic heterocycles. The molecule has 16 heavy (non-hydrogen) atoms. The van der Waals surface area contributed by atoms with Gasteiger partial charge in [-0.2, -0.15) is 0 Å². The van der Waals surface area contributed by atoms with E-state index < -0.39 is 8.56 Å². The number of hydrogen-bond donors (Lipinski definition) is 1. The molecule has 0 heterocycles. The van der Waals surface area contributed by atoms with Crippen molar-refractivity contribution in [3.05, 3.63) is 30.3 Å². The molecule has 0 fully saturated rings. The maximum Gasteiger partial charge on any atom is 0.335 e. The first kappa shape index (κ1) is 13.2. The highest BCUT2D eigenvalue weighted by atomic mass is 28.4. The predicted molar refractivity (Wildman–Crippen MR) is 69.7 cm³/mol. The van der Waals surface area contributed by atoms with Crippen LogP contribution in [0.1, 0.15) is 13.3 Å². The van der Waals surface area contributed by atoms with Crippen molar-refractivity contribution >= 4 is 14.2 Å². The summed E-state index contributed by atoms with van der Waals surface area (Å²) in [5, 5.41) is 3.23. The van der Waals surface area contributed by atoms with E-state index in [0.29, 0.717) is 6.73 Å². The molecule has 90 valence electrons. The summed E-state index contributed by atoms with van der Waals surface area (Å²) < 4.78 is 11.3. The lowest BCUT2D eigenvalue weighted by molar-refractivity contribution is 0.218. The minimum atomic E-state index is -1.94. The third-order valence-electron chi connectivity index (χ3n) is 2.56. The van der Waals surface area contributed by atoms with Crippen molar-refractivity contribution in [1.82, 2.24) is 0 Å². The molecule has 1 unspecified atom stereocenters. The van der Waals surface area contributed by atoms with Crippen LogP contribution in [-0.4, -0.2) is 22.4 Å². The molecule has 0 radical (unpaired) electrons. The van der Waals surface area contributed by atoms with E-state index >= 15 is 0 Å². The van der Waals surface area contributed by atoms with Gasteiger partial charge >= 0.3 is 8.56 Å². The van der Waals surface area contributed by atoms with Crippen molar-refractivity contribution < 1.29 is 8.85 Å². The third kappa shape index (κ3) is 4.34. The Kier molecular flexibility index (Phi) is 5.52. The van der Waals surface area contributed by atoms with Crippen LogP contribution in [0.25, 0.3) is 0 Å². The minimum absolute atomic E-state index is 0.514. The van der Waals surface area contributed by atoms with Gasteiger partial charge in [0.15, 0.2) is 0 Å². The summed E-state index contributed by atoms with van der Waals surface area (Å²) in [5.74, 6) is 0. The Morgan fingerprint density at radius 2 is 1.94 bits per heavy atom. The van der Waals surface area contributed by atoms with Crippen LogP contribution in [0.2, 0.25) is 12.6 Å². The second-order valence-corrected chi connectivity index (χ2v) is 7.38. The molecule has 0 saturated heterocycles. The molecule has 0 saturated carbocycles. The van der Waals surface area contributed by atoms with Gasteiger partial charge in [0.05, 0.1) is 0 Å². The topological polar surface area (TPSA) is 30.5 Å². The first-order valence-corrected chi connectivity index (χ1v) is 8.20. The Morgan fingerprint density at radius 3 is 2.50 bits per heavy atom. The Hall–Kier alpha value is -0.843. The van der Waals surface area contributed by atoms with E-state index in [4.69, 9.17) is 8.85 Å². The molecule has 0 amide bonds. The van der Waals surface area contributed by atoms with E-state index in [1.54, 1.807) is 7.11 Å². The summed E-state index contributed by atoms with van der Waals surface area (Å²) in [6, 6.07) is 11.1. The third-order valence-corrected chi connectivity index (χ3v) is 5.59. The van der Waals surface area contributed by atoms with Gasteiger partial charge in [0.1, 0.15) is 6.73 Å². The summed E-state index contributed by atoms with van der Waals surface area (Å²) in [5.41, 5.74) is 1.08. The van der Waals surface area contributed by atoms with E-state index in [2.05, 4.69) is 18.8 Å². The average Bonchev–Trinajstić information content (AvgIpc) is 2.31. The van der Waals surface area contributed by atoms with Crippen molar-refractivity contribution in [3.8, 4) is 0 Å². The van der Waals surface area contributed by atoms with Crippen molar-refractivity contribution in [2.75, 3.05) is 19.2 Å². The predicted octanol–water partition coefficient (Wildman–Crippen LogP) is 3.20. The maximum atomic E-state index is 5.83. The number of para-hydroxylation sites is 1. The second kappa shape index (κ2) is 6.68. The van der Waals surface area contributed by atoms with Crippen LogP contribution in [0.15, 0.2) is 30.3 Å². The molecule has 3 nitrogen and oxygen atoms in total. The highest BCUT2D eigenvalue weighted by Gasteiger charge is 2.28. The number of hydrogen-bond acceptors (Lipinski definition) is 3. The minimum Gasteiger partial charge on any atom is -0.398 e. The van der Waals surface area contributed by atoms with Gasteiger partial charge in [0.2, 0.25) is 0 Å². The van der Waals surface area contributed by atoms with Crippen molar-refractivity contribution in [2.24, 2.45) is 0 Å². The van der Waals surface area contributed by atoms with Crippen LogP contribution < -0.4 is 5.32 Å². The van der Waals surface area contributed by atoms with Crippen molar-refractivity contribution in [2.45, 2.75) is 25.9 Å². The lowest BCUT2D eigenvalue weighted by atomic mass is 10.3. The summed E-state index contributed by atoms with van der Waals surface area (Å²) >= 11 is 0. The quantitative estimate of drug-likeness (QED) is 0.585. The van der Waals surface area contributed by atoms with Gasteiger partial charge in [0, 0.05) is 12.8 Å². The number of benzene rings is 1. The summed E-state index contributed by atoms with van der Waals surface area (Å²) in [6.07, 6.45) is 1.10. The SMILES string of the molecule is CCC[Si](C)(OC)OCNc1ccccc1. The monoisotopic (exact) mass is 239 g/mol. The van der Waals surface area contributed by atoms with Crippen LogP contribution in [-0.2, 0) is 8.85 Å². The van der Waals surface area contributed by atoms with Crippen LogP contribution >= 0.6 is 0 Å². The molecule has 1 aromatic rings. The average molecular weight is 239 g/mol. The zero-order chi connectivity index (χ0) is 11.9. The largest absolute Gasteiger partial charge is 0.398 e. The van der Waals surface area contributed by atoms with Crippen molar-refractivity contribution in [3.63, 3.8) is 0 Å². The van der Waals surface area contributed by atoms with Gasteiger partial charge in [-0.1, -0.05) is 31.5 Å². The first-order chi connectivity index (χ1) is 7.70. The summed E-state index contributed by atoms with van der Waals surface area (Å²) in [6.45, 7) is 4.77. The van der Waals surface area contributed by atoms with E-state index in [0.717, 1.165) is 18.2 Å². The number of nitrogens with one attached hydrogen (secondary N) is 1. The zero-order valence-electron chi connectivity index (χ0n) is 10.3. The Balaban J connectivity index is 2.34. The highest BCUT2D eigenvalue weighted by molar-refractivity contribution is 6.65. The molecule has 0 aliphatic carbocycles. The molecule has 0 aliphatic rings. The lowest BCUT2D eigenvalue weighted by Crippen LogP contribution is -2.38. The van der Waals surface area contributed by atoms with E-state index in [9.17, 15) is 0 Å². The zero-order valence-corrected chi connectivity index (χ0v) is 11.3. The van der Waals surface area contributed by atoms with Gasteiger partial charge in [-0.3, -0.25) is 0 Å². The Labute approximate surface area is 99.0 Å². The highest BCUT2D eigenvalue weighted by Crippen LogP contribution is 2.14. The normalized spacial score (nSPS) is 14.4. The molecular formula is C12H21NO2Si. The van der Waals surface area contributed by atoms with Gasteiger partial charge in [-0.15, -0.1) is 0 Å². The molecule has 0 bridgehead atoms. The van der Waals surface area contributed by atoms with Gasteiger partial charge in [-0.05, 0) is 24.7 Å². The first-order valence-electron chi connectivity index (χ1n) is 5.68. The molecule has 1 N–H and O–H groups in total. The molecule has 0 aromatic heterocycles. The van der Waals surface area contributed by atoms with E-state index in [-0.39, 0.29) is 0 Å². The summed E-state index contributed by atoms with van der Waals surface area (Å²) in [4.78, 5) is 0. The van der Waals surface area contributed by atoms with Crippen molar-refractivity contribution in [1.29, 1.82) is 0 Å². The van der Waals surface area contributed by atoms with Crippen LogP contribution in [0.4, 0.5) is 5.69 Å². The van der Waals surface area contributed by atoms with Crippen LogP contribution in [0.5, 0.6) is 0 Å². The maximum absolute atomic E-state index is 5.83. The smallest absolute Gasteiger partial charge is 0.335 e. The van der Waals surface area contributed by atoms with Gasteiger partial charge < -0.3 is 14.2 Å². The fourth-order valence-corrected chi connectivity index (χ4v) is 3.27. The molecule has 0 spiro atoms. The fraction of sp³-hybridized carbons (Fsp3) is 0.500. The van der Waals surface area contributed by atoms with Crippen LogP contribution in [0, 0.1) is 0 Å². The molecule has 1 rings (SSSR count). The fourth-order valence-electron chi connectivity index (χ4n) is 1.52. The second-order valence-electron chi connectivity index (χ2n) is 3.92. The van der Waals surface area contributed by atoms with E-state index in [1.165, 1.54) is 0 Å². The standard InChI is InChI=1S/C12H21NO2Si/c1-4-10-16(3,14-2)15-11-13-12-8-6-5-7-9-12/h5-9,13H,4,10-11H2,1-3H3. The van der Waals surface area contributed by atoms with Gasteiger partial charge in [0.25, 0.3) is 0 Å². The summed E-state index contributed by atoms with van der Waals surface area (Å²) in [7, 11) is -0.199. The van der Waals surface area contributed by atoms with Gasteiger partial charge in [-0.25, -0.2) is 0 Å². The molecule has 1 aromatic carbocycles. The number of rotatable bonds is 7. The van der Waals surface area contributed by atoms with Crippen LogP contribution in [0.3, 0.4) is 0 Å². The molecule has 1 atom stereocenters. The molecule has 4 heteroatoms.